The van der Waals surface area contributed by atoms with Gasteiger partial charge in [-0.05, 0) is 31.2 Å². The Morgan fingerprint density at radius 3 is 2.61 bits per heavy atom. The Labute approximate surface area is 192 Å². The average Bonchev–Trinajstić information content (AvgIpc) is 3.19. The van der Waals surface area contributed by atoms with Gasteiger partial charge in [0.2, 0.25) is 0 Å². The summed E-state index contributed by atoms with van der Waals surface area (Å²) >= 11 is 1.13. The number of rotatable bonds is 7. The van der Waals surface area contributed by atoms with E-state index in [1.54, 1.807) is 19.1 Å². The quantitative estimate of drug-likeness (QED) is 0.322. The number of allylic oxidation sites excluding steroid dienone is 3. The van der Waals surface area contributed by atoms with Crippen molar-refractivity contribution < 1.29 is 27.8 Å². The number of carbonyl (C=O) groups excluding carboxylic acids is 2. The lowest BCUT2D eigenvalue weighted by molar-refractivity contribution is 0.0606. The largest absolute Gasteiger partial charge is 0.465 e. The van der Waals surface area contributed by atoms with Crippen LogP contribution >= 0.6 is 11.3 Å². The first kappa shape index (κ1) is 23.6. The van der Waals surface area contributed by atoms with Crippen molar-refractivity contribution in [3.05, 3.63) is 83.6 Å². The molecule has 0 bridgehead atoms. The number of aromatic nitrogens is 1. The highest BCUT2D eigenvalue weighted by Crippen LogP contribution is 2.35. The lowest BCUT2D eigenvalue weighted by Gasteiger charge is -2.12. The maximum Gasteiger partial charge on any atom is 0.348 e. The molecule has 1 aromatic carbocycles. The van der Waals surface area contributed by atoms with E-state index in [0.717, 1.165) is 17.4 Å². The van der Waals surface area contributed by atoms with Gasteiger partial charge in [-0.2, -0.15) is 0 Å². The standard InChI is InChI=1S/C23H19F2N3O4S/c1-12(2)9-17(13(3)24)28-23(30)27-16-6-5-14(10-15(16)25)32-19-7-8-26-18-11-20(22(29)31-4)33-21(18)19/h5-11H,1,3H2,2,4H3,(H2,27,28,30)/b17-9+. The molecule has 10 heteroatoms. The van der Waals surface area contributed by atoms with Gasteiger partial charge in [0.15, 0.2) is 0 Å². The van der Waals surface area contributed by atoms with Crippen LogP contribution in [0.4, 0.5) is 19.3 Å². The lowest BCUT2D eigenvalue weighted by Crippen LogP contribution is -2.28. The van der Waals surface area contributed by atoms with Gasteiger partial charge in [-0.25, -0.2) is 18.4 Å². The summed E-state index contributed by atoms with van der Waals surface area (Å²) in [6.07, 6.45) is 2.79. The van der Waals surface area contributed by atoms with Crippen molar-refractivity contribution >= 4 is 39.2 Å². The summed E-state index contributed by atoms with van der Waals surface area (Å²) in [4.78, 5) is 28.4. The van der Waals surface area contributed by atoms with Crippen LogP contribution in [0, 0.1) is 5.82 Å². The van der Waals surface area contributed by atoms with Crippen molar-refractivity contribution in [1.29, 1.82) is 0 Å². The van der Waals surface area contributed by atoms with E-state index in [1.165, 1.54) is 31.5 Å². The molecule has 2 N–H and O–H groups in total. The van der Waals surface area contributed by atoms with Crippen LogP contribution in [0.1, 0.15) is 16.6 Å². The Morgan fingerprint density at radius 1 is 1.21 bits per heavy atom. The fourth-order valence-electron chi connectivity index (χ4n) is 2.69. The summed E-state index contributed by atoms with van der Waals surface area (Å²) in [7, 11) is 1.28. The minimum Gasteiger partial charge on any atom is -0.465 e. The Bertz CT molecular complexity index is 1300. The van der Waals surface area contributed by atoms with E-state index >= 15 is 0 Å². The molecule has 3 rings (SSSR count). The minimum atomic E-state index is -0.870. The predicted octanol–water partition coefficient (Wildman–Crippen LogP) is 6.08. The summed E-state index contributed by atoms with van der Waals surface area (Å²) in [5, 5.41) is 4.54. The predicted molar refractivity (Wildman–Crippen MR) is 123 cm³/mol. The molecule has 0 aliphatic carbocycles. The highest BCUT2D eigenvalue weighted by Gasteiger charge is 2.16. The van der Waals surface area contributed by atoms with E-state index < -0.39 is 23.6 Å². The third kappa shape index (κ3) is 5.80. The Balaban J connectivity index is 1.77. The number of urea groups is 1. The summed E-state index contributed by atoms with van der Waals surface area (Å²) in [5.74, 6) is -1.63. The molecular formula is C23H19F2N3O4S. The zero-order valence-electron chi connectivity index (χ0n) is 17.7. The summed E-state index contributed by atoms with van der Waals surface area (Å²) in [6.45, 7) is 8.36. The number of methoxy groups -OCH3 is 1. The van der Waals surface area contributed by atoms with Crippen LogP contribution in [-0.4, -0.2) is 24.1 Å². The zero-order chi connectivity index (χ0) is 24.1. The molecule has 0 atom stereocenters. The van der Waals surface area contributed by atoms with Crippen molar-refractivity contribution in [3.8, 4) is 11.5 Å². The first-order valence-electron chi connectivity index (χ1n) is 9.42. The summed E-state index contributed by atoms with van der Waals surface area (Å²) in [5.41, 5.74) is 0.681. The fraction of sp³-hybridized carbons (Fsp3) is 0.0870. The third-order valence-corrected chi connectivity index (χ3v) is 5.23. The van der Waals surface area contributed by atoms with Crippen molar-refractivity contribution in [2.75, 3.05) is 12.4 Å². The third-order valence-electron chi connectivity index (χ3n) is 4.11. The van der Waals surface area contributed by atoms with Crippen LogP contribution in [0.15, 0.2) is 72.9 Å². The molecule has 0 radical (unpaired) electrons. The number of nitrogens with one attached hydrogen (secondary N) is 2. The van der Waals surface area contributed by atoms with Gasteiger partial charge in [-0.3, -0.25) is 4.98 Å². The fourth-order valence-corrected chi connectivity index (χ4v) is 3.67. The molecule has 0 saturated heterocycles. The molecule has 0 aliphatic rings. The number of pyridine rings is 1. The molecule has 3 aromatic rings. The second kappa shape index (κ2) is 10.0. The monoisotopic (exact) mass is 471 g/mol. The van der Waals surface area contributed by atoms with E-state index in [-0.39, 0.29) is 17.1 Å². The Morgan fingerprint density at radius 2 is 1.97 bits per heavy atom. The van der Waals surface area contributed by atoms with Crippen LogP contribution < -0.4 is 15.4 Å². The van der Waals surface area contributed by atoms with Gasteiger partial charge >= 0.3 is 12.0 Å². The van der Waals surface area contributed by atoms with Gasteiger partial charge in [0.05, 0.1) is 28.7 Å². The number of benzene rings is 1. The van der Waals surface area contributed by atoms with Gasteiger partial charge in [0, 0.05) is 18.3 Å². The molecular weight excluding hydrogens is 452 g/mol. The number of nitrogens with zero attached hydrogens (tertiary/aromatic N) is 1. The SMILES string of the molecule is C=C(C)/C=C(/NC(=O)Nc1ccc(Oc2ccnc3cc(C(=O)OC)sc23)cc1F)C(=C)F. The maximum absolute atomic E-state index is 14.6. The molecule has 170 valence electrons. The normalized spacial score (nSPS) is 11.1. The molecule has 0 unspecified atom stereocenters. The number of esters is 1. The molecule has 0 fully saturated rings. The molecule has 2 heterocycles. The smallest absolute Gasteiger partial charge is 0.348 e. The number of carbonyl (C=O) groups is 2. The number of amides is 2. The van der Waals surface area contributed by atoms with Crippen molar-refractivity contribution in [2.45, 2.75) is 6.92 Å². The Kier molecular flexibility index (Phi) is 7.19. The number of fused-ring (bicyclic) bond motifs is 1. The van der Waals surface area contributed by atoms with Crippen molar-refractivity contribution in [1.82, 2.24) is 10.3 Å². The Hall–Kier alpha value is -4.05. The molecule has 7 nitrogen and oxygen atoms in total. The topological polar surface area (TPSA) is 89.5 Å². The highest BCUT2D eigenvalue weighted by atomic mass is 32.1. The van der Waals surface area contributed by atoms with Gasteiger partial charge < -0.3 is 20.1 Å². The van der Waals surface area contributed by atoms with Gasteiger partial charge in [0.25, 0.3) is 0 Å². The molecule has 0 saturated carbocycles. The van der Waals surface area contributed by atoms with E-state index in [1.807, 2.05) is 0 Å². The number of thiophene rings is 1. The highest BCUT2D eigenvalue weighted by molar-refractivity contribution is 7.21. The number of hydrogen-bond donors (Lipinski definition) is 2. The lowest BCUT2D eigenvalue weighted by atomic mass is 10.2. The van der Waals surface area contributed by atoms with Crippen LogP contribution in [0.25, 0.3) is 10.2 Å². The van der Waals surface area contributed by atoms with E-state index in [0.29, 0.717) is 26.4 Å². The molecule has 2 amide bonds. The number of ether oxygens (including phenoxy) is 2. The van der Waals surface area contributed by atoms with E-state index in [4.69, 9.17) is 9.47 Å². The number of halogens is 2. The second-order valence-corrected chi connectivity index (χ2v) is 7.81. The average molecular weight is 471 g/mol. The van der Waals surface area contributed by atoms with Crippen LogP contribution in [0.2, 0.25) is 0 Å². The van der Waals surface area contributed by atoms with Gasteiger partial charge in [-0.1, -0.05) is 18.7 Å². The maximum atomic E-state index is 14.6. The van der Waals surface area contributed by atoms with Crippen molar-refractivity contribution in [3.63, 3.8) is 0 Å². The molecule has 0 aliphatic heterocycles. The van der Waals surface area contributed by atoms with Crippen LogP contribution in [-0.2, 0) is 4.74 Å². The molecule has 0 spiro atoms. The molecule has 33 heavy (non-hydrogen) atoms. The van der Waals surface area contributed by atoms with Crippen LogP contribution in [0.3, 0.4) is 0 Å². The molecule has 2 aromatic heterocycles. The minimum absolute atomic E-state index is 0.150. The first-order chi connectivity index (χ1) is 15.7. The van der Waals surface area contributed by atoms with Crippen LogP contribution in [0.5, 0.6) is 11.5 Å². The van der Waals surface area contributed by atoms with E-state index in [9.17, 15) is 18.4 Å². The summed E-state index contributed by atoms with van der Waals surface area (Å²) < 4.78 is 39.1. The number of hydrogen-bond acceptors (Lipinski definition) is 6. The van der Waals surface area contributed by atoms with E-state index in [2.05, 4.69) is 28.8 Å². The number of anilines is 1. The van der Waals surface area contributed by atoms with Crippen molar-refractivity contribution in [2.24, 2.45) is 0 Å². The zero-order valence-corrected chi connectivity index (χ0v) is 18.5. The first-order valence-corrected chi connectivity index (χ1v) is 10.2. The summed E-state index contributed by atoms with van der Waals surface area (Å²) in [6, 6.07) is 6.11. The van der Waals surface area contributed by atoms with Gasteiger partial charge in [0.1, 0.15) is 28.0 Å². The second-order valence-electron chi connectivity index (χ2n) is 6.76. The van der Waals surface area contributed by atoms with Gasteiger partial charge in [-0.15, -0.1) is 11.3 Å².